The molecule has 0 spiro atoms. The molecule has 0 bridgehead atoms. The Hall–Kier alpha value is -2.47. The van der Waals surface area contributed by atoms with E-state index in [0.717, 1.165) is 49.0 Å². The maximum atomic E-state index is 13.4. The minimum absolute atomic E-state index is 0.0186. The van der Waals surface area contributed by atoms with Gasteiger partial charge in [-0.25, -0.2) is 9.07 Å². The van der Waals surface area contributed by atoms with Crippen LogP contribution in [0.4, 0.5) is 4.39 Å². The maximum Gasteiger partial charge on any atom is 0.274 e. The highest BCUT2D eigenvalue weighted by atomic mass is 32.1. The fourth-order valence-electron chi connectivity index (χ4n) is 3.81. The van der Waals surface area contributed by atoms with Crippen LogP contribution in [0, 0.1) is 5.82 Å². The van der Waals surface area contributed by atoms with Gasteiger partial charge in [-0.15, -0.1) is 11.3 Å². The van der Waals surface area contributed by atoms with E-state index in [1.807, 2.05) is 28.0 Å². The standard InChI is InChI=1S/C22H24FN3OS/c1-2-25(15-18-7-6-14-28-18)22(27)21-19-8-4-3-5-9-20(19)26(24-21)17-12-10-16(23)11-13-17/h6-7,10-14H,2-5,8-9,15H2,1H3. The molecule has 0 saturated carbocycles. The molecule has 28 heavy (non-hydrogen) atoms. The molecule has 0 atom stereocenters. The molecule has 0 fully saturated rings. The zero-order chi connectivity index (χ0) is 19.5. The molecule has 1 aliphatic carbocycles. The van der Waals surface area contributed by atoms with Gasteiger partial charge in [-0.2, -0.15) is 5.10 Å². The second-order valence-electron chi connectivity index (χ2n) is 7.12. The molecule has 4 nitrogen and oxygen atoms in total. The van der Waals surface area contributed by atoms with Gasteiger partial charge in [0, 0.05) is 22.7 Å². The Bertz CT molecular complexity index is 947. The van der Waals surface area contributed by atoms with Crippen LogP contribution in [-0.2, 0) is 19.4 Å². The fraction of sp³-hybridized carbons (Fsp3) is 0.364. The zero-order valence-electron chi connectivity index (χ0n) is 16.0. The first-order valence-corrected chi connectivity index (χ1v) is 10.7. The van der Waals surface area contributed by atoms with Gasteiger partial charge in [0.05, 0.1) is 12.2 Å². The van der Waals surface area contributed by atoms with Gasteiger partial charge in [-0.1, -0.05) is 12.5 Å². The minimum atomic E-state index is -0.272. The predicted octanol–water partition coefficient (Wildman–Crippen LogP) is 5.00. The summed E-state index contributed by atoms with van der Waals surface area (Å²) in [4.78, 5) is 16.4. The number of hydrogen-bond donors (Lipinski definition) is 0. The molecule has 1 aliphatic rings. The number of fused-ring (bicyclic) bond motifs is 1. The molecule has 1 aromatic carbocycles. The van der Waals surface area contributed by atoms with Gasteiger partial charge < -0.3 is 4.90 Å². The number of halogens is 1. The van der Waals surface area contributed by atoms with E-state index in [0.29, 0.717) is 18.8 Å². The van der Waals surface area contributed by atoms with E-state index >= 15 is 0 Å². The first-order chi connectivity index (χ1) is 13.7. The fourth-order valence-corrected chi connectivity index (χ4v) is 4.53. The first-order valence-electron chi connectivity index (χ1n) is 9.85. The maximum absolute atomic E-state index is 13.4. The summed E-state index contributed by atoms with van der Waals surface area (Å²) in [5.74, 6) is -0.290. The van der Waals surface area contributed by atoms with Crippen molar-refractivity contribution in [2.24, 2.45) is 0 Å². The molecule has 146 valence electrons. The summed E-state index contributed by atoms with van der Waals surface area (Å²) >= 11 is 1.66. The Morgan fingerprint density at radius 2 is 1.96 bits per heavy atom. The molecule has 3 aromatic rings. The van der Waals surface area contributed by atoms with E-state index in [-0.39, 0.29) is 11.7 Å². The topological polar surface area (TPSA) is 38.1 Å². The van der Waals surface area contributed by atoms with Crippen LogP contribution in [0.2, 0.25) is 0 Å². The first kappa shape index (κ1) is 18.9. The average molecular weight is 398 g/mol. The summed E-state index contributed by atoms with van der Waals surface area (Å²) in [7, 11) is 0. The SMILES string of the molecule is CCN(Cc1cccs1)C(=O)c1nn(-c2ccc(F)cc2)c2c1CCCCC2. The van der Waals surface area contributed by atoms with E-state index in [1.54, 1.807) is 23.5 Å². The molecule has 0 aliphatic heterocycles. The number of hydrogen-bond acceptors (Lipinski definition) is 3. The monoisotopic (exact) mass is 397 g/mol. The van der Waals surface area contributed by atoms with Gasteiger partial charge in [0.2, 0.25) is 0 Å². The normalized spacial score (nSPS) is 13.8. The minimum Gasteiger partial charge on any atom is -0.332 e. The van der Waals surface area contributed by atoms with Crippen molar-refractivity contribution in [3.63, 3.8) is 0 Å². The molecule has 1 amide bonds. The van der Waals surface area contributed by atoms with Gasteiger partial charge in [0.1, 0.15) is 5.82 Å². The Morgan fingerprint density at radius 1 is 1.18 bits per heavy atom. The van der Waals surface area contributed by atoms with Gasteiger partial charge in [0.15, 0.2) is 5.69 Å². The van der Waals surface area contributed by atoms with Crippen molar-refractivity contribution in [2.45, 2.75) is 45.6 Å². The Balaban J connectivity index is 1.73. The molecular formula is C22H24FN3OS. The number of carbonyl (C=O) groups is 1. The van der Waals surface area contributed by atoms with E-state index in [2.05, 4.69) is 6.07 Å². The number of aromatic nitrogens is 2. The Morgan fingerprint density at radius 3 is 2.68 bits per heavy atom. The number of rotatable bonds is 5. The molecule has 4 rings (SSSR count). The highest BCUT2D eigenvalue weighted by Crippen LogP contribution is 2.28. The molecule has 0 saturated heterocycles. The van der Waals surface area contributed by atoms with Crippen LogP contribution >= 0.6 is 11.3 Å². The van der Waals surface area contributed by atoms with Gasteiger partial charge in [-0.05, 0) is 68.3 Å². The number of carbonyl (C=O) groups excluding carboxylic acids is 1. The van der Waals surface area contributed by atoms with Gasteiger partial charge in [0.25, 0.3) is 5.91 Å². The third kappa shape index (κ3) is 3.74. The number of nitrogens with zero attached hydrogens (tertiary/aromatic N) is 3. The third-order valence-corrected chi connectivity index (χ3v) is 6.16. The largest absolute Gasteiger partial charge is 0.332 e. The number of amides is 1. The van der Waals surface area contributed by atoms with Crippen LogP contribution in [-0.4, -0.2) is 27.1 Å². The molecule has 2 heterocycles. The molecule has 0 N–H and O–H groups in total. The summed E-state index contributed by atoms with van der Waals surface area (Å²) in [6, 6.07) is 10.4. The predicted molar refractivity (Wildman–Crippen MR) is 110 cm³/mol. The molecule has 0 unspecified atom stereocenters. The highest BCUT2D eigenvalue weighted by molar-refractivity contribution is 7.09. The summed E-state index contributed by atoms with van der Waals surface area (Å²) in [6.45, 7) is 3.24. The lowest BCUT2D eigenvalue weighted by Crippen LogP contribution is -2.31. The van der Waals surface area contributed by atoms with Crippen molar-refractivity contribution in [3.05, 3.63) is 69.4 Å². The molecule has 0 radical (unpaired) electrons. The lowest BCUT2D eigenvalue weighted by atomic mass is 10.1. The van der Waals surface area contributed by atoms with Crippen LogP contribution in [0.15, 0.2) is 41.8 Å². The van der Waals surface area contributed by atoms with E-state index in [4.69, 9.17) is 5.10 Å². The van der Waals surface area contributed by atoms with Crippen LogP contribution in [0.3, 0.4) is 0 Å². The smallest absolute Gasteiger partial charge is 0.274 e. The van der Waals surface area contributed by atoms with Crippen molar-refractivity contribution in [1.29, 1.82) is 0 Å². The van der Waals surface area contributed by atoms with Crippen LogP contribution in [0.5, 0.6) is 0 Å². The Kier molecular flexibility index (Phi) is 5.57. The van der Waals surface area contributed by atoms with Crippen molar-refractivity contribution in [2.75, 3.05) is 6.54 Å². The number of benzene rings is 1. The molecular weight excluding hydrogens is 373 g/mol. The van der Waals surface area contributed by atoms with Crippen molar-refractivity contribution >= 4 is 17.2 Å². The van der Waals surface area contributed by atoms with E-state index in [1.165, 1.54) is 17.0 Å². The van der Waals surface area contributed by atoms with Gasteiger partial charge >= 0.3 is 0 Å². The second-order valence-corrected chi connectivity index (χ2v) is 8.15. The van der Waals surface area contributed by atoms with Crippen LogP contribution < -0.4 is 0 Å². The van der Waals surface area contributed by atoms with Crippen molar-refractivity contribution < 1.29 is 9.18 Å². The summed E-state index contributed by atoms with van der Waals surface area (Å²) in [5.41, 5.74) is 3.52. The summed E-state index contributed by atoms with van der Waals surface area (Å²) in [5, 5.41) is 6.77. The molecule has 6 heteroatoms. The zero-order valence-corrected chi connectivity index (χ0v) is 16.8. The van der Waals surface area contributed by atoms with E-state index in [9.17, 15) is 9.18 Å². The van der Waals surface area contributed by atoms with Crippen molar-refractivity contribution in [3.8, 4) is 5.69 Å². The lowest BCUT2D eigenvalue weighted by molar-refractivity contribution is 0.0746. The van der Waals surface area contributed by atoms with Gasteiger partial charge in [-0.3, -0.25) is 4.79 Å². The molecule has 2 aromatic heterocycles. The lowest BCUT2D eigenvalue weighted by Gasteiger charge is -2.19. The summed E-state index contributed by atoms with van der Waals surface area (Å²) in [6.07, 6.45) is 5.07. The number of thiophene rings is 1. The highest BCUT2D eigenvalue weighted by Gasteiger charge is 2.27. The summed E-state index contributed by atoms with van der Waals surface area (Å²) < 4.78 is 15.2. The second kappa shape index (κ2) is 8.27. The van der Waals surface area contributed by atoms with Crippen LogP contribution in [0.1, 0.15) is 52.8 Å². The third-order valence-electron chi connectivity index (χ3n) is 5.30. The quantitative estimate of drug-likeness (QED) is 0.568. The van der Waals surface area contributed by atoms with Crippen molar-refractivity contribution in [1.82, 2.24) is 14.7 Å². The average Bonchev–Trinajstić information content (AvgIpc) is 3.28. The Labute approximate surface area is 168 Å². The van der Waals surface area contributed by atoms with Crippen LogP contribution in [0.25, 0.3) is 5.69 Å². The van der Waals surface area contributed by atoms with E-state index < -0.39 is 0 Å².